The quantitative estimate of drug-likeness (QED) is 0.127. The Balaban J connectivity index is 1.20. The molecule has 41 heavy (non-hydrogen) atoms. The molecule has 0 bridgehead atoms. The summed E-state index contributed by atoms with van der Waals surface area (Å²) >= 11 is 0. The Hall–Kier alpha value is -5.56. The van der Waals surface area contributed by atoms with Gasteiger partial charge in [-0.2, -0.15) is 5.10 Å². The fourth-order valence-corrected chi connectivity index (χ4v) is 6.04. The van der Waals surface area contributed by atoms with E-state index < -0.39 is 23.4 Å². The van der Waals surface area contributed by atoms with Crippen LogP contribution in [0.15, 0.2) is 120 Å². The van der Waals surface area contributed by atoms with E-state index >= 15 is 0 Å². The van der Waals surface area contributed by atoms with Crippen molar-refractivity contribution in [3.8, 4) is 0 Å². The van der Waals surface area contributed by atoms with Crippen LogP contribution < -0.4 is 10.7 Å². The first-order valence-corrected chi connectivity index (χ1v) is 13.3. The van der Waals surface area contributed by atoms with E-state index in [-0.39, 0.29) is 6.54 Å². The third kappa shape index (κ3) is 3.82. The Kier molecular flexibility index (Phi) is 5.71. The van der Waals surface area contributed by atoms with Crippen LogP contribution in [0.2, 0.25) is 0 Å². The molecule has 0 atom stereocenters. The largest absolute Gasteiger partial charge is 0.326 e. The van der Waals surface area contributed by atoms with Gasteiger partial charge in [-0.3, -0.25) is 19.8 Å². The number of carbonyl (C=O) groups is 3. The maximum absolute atomic E-state index is 13.4. The smallest absolute Gasteiger partial charge is 0.292 e. The molecular formula is C34H24N4O3. The predicted molar refractivity (Wildman–Crippen MR) is 160 cm³/mol. The van der Waals surface area contributed by atoms with Crippen molar-refractivity contribution in [2.75, 3.05) is 6.54 Å². The molecule has 7 nitrogen and oxygen atoms in total. The molecular weight excluding hydrogens is 512 g/mol. The van der Waals surface area contributed by atoms with Gasteiger partial charge in [0.15, 0.2) is 5.54 Å². The van der Waals surface area contributed by atoms with Crippen molar-refractivity contribution in [2.45, 2.75) is 5.54 Å². The molecule has 4 amide bonds. The van der Waals surface area contributed by atoms with Crippen LogP contribution in [0.4, 0.5) is 4.79 Å². The number of urea groups is 1. The minimum atomic E-state index is -1.49. The summed E-state index contributed by atoms with van der Waals surface area (Å²) in [5, 5.41) is 13.5. The van der Waals surface area contributed by atoms with Gasteiger partial charge in [-0.25, -0.2) is 10.2 Å². The zero-order valence-corrected chi connectivity index (χ0v) is 21.9. The Bertz CT molecular complexity index is 1930. The number of hydrogen-bond donors (Lipinski definition) is 2. The van der Waals surface area contributed by atoms with Gasteiger partial charge in [0, 0.05) is 5.56 Å². The molecule has 198 valence electrons. The Morgan fingerprint density at radius 1 is 0.732 bits per heavy atom. The SMILES string of the molecule is O=C(CN1C(=O)NC(=O)C1(c1ccccc1)c1ccccc1)N/N=C/c1ccc2ccc3cccc4ccc1c2c34. The van der Waals surface area contributed by atoms with Gasteiger partial charge in [0.2, 0.25) is 0 Å². The fraction of sp³-hybridized carbons (Fsp3) is 0.0588. The lowest BCUT2D eigenvalue weighted by Crippen LogP contribution is -2.51. The van der Waals surface area contributed by atoms with E-state index in [9.17, 15) is 14.4 Å². The molecule has 0 radical (unpaired) electrons. The van der Waals surface area contributed by atoms with E-state index in [0.717, 1.165) is 21.7 Å². The van der Waals surface area contributed by atoms with Gasteiger partial charge in [0.25, 0.3) is 11.8 Å². The van der Waals surface area contributed by atoms with Gasteiger partial charge < -0.3 is 0 Å². The van der Waals surface area contributed by atoms with Crippen LogP contribution in [-0.4, -0.2) is 35.5 Å². The van der Waals surface area contributed by atoms with Crippen molar-refractivity contribution in [2.24, 2.45) is 5.10 Å². The highest BCUT2D eigenvalue weighted by atomic mass is 16.2. The maximum Gasteiger partial charge on any atom is 0.326 e. The van der Waals surface area contributed by atoms with Gasteiger partial charge in [-0.05, 0) is 43.4 Å². The van der Waals surface area contributed by atoms with E-state index in [1.807, 2.05) is 24.3 Å². The molecule has 7 heteroatoms. The van der Waals surface area contributed by atoms with Crippen molar-refractivity contribution in [3.63, 3.8) is 0 Å². The van der Waals surface area contributed by atoms with E-state index in [2.05, 4.69) is 58.3 Å². The normalized spacial score (nSPS) is 14.9. The lowest BCUT2D eigenvalue weighted by Gasteiger charge is -2.35. The zero-order chi connectivity index (χ0) is 28.0. The average Bonchev–Trinajstić information content (AvgIpc) is 3.26. The third-order valence-corrected chi connectivity index (χ3v) is 7.84. The van der Waals surface area contributed by atoms with E-state index in [1.165, 1.54) is 21.1 Å². The number of carbonyl (C=O) groups excluding carboxylic acids is 3. The van der Waals surface area contributed by atoms with Crippen LogP contribution >= 0.6 is 0 Å². The number of hydrazone groups is 1. The van der Waals surface area contributed by atoms with Crippen molar-refractivity contribution in [1.82, 2.24) is 15.6 Å². The Morgan fingerprint density at radius 3 is 1.98 bits per heavy atom. The lowest BCUT2D eigenvalue weighted by atomic mass is 9.81. The number of rotatable bonds is 6. The number of hydrogen-bond acceptors (Lipinski definition) is 4. The lowest BCUT2D eigenvalue weighted by molar-refractivity contribution is -0.127. The molecule has 1 aliphatic heterocycles. The fourth-order valence-electron chi connectivity index (χ4n) is 6.04. The minimum Gasteiger partial charge on any atom is -0.292 e. The first kappa shape index (κ1) is 24.5. The number of nitrogens with zero attached hydrogens (tertiary/aromatic N) is 2. The first-order valence-electron chi connectivity index (χ1n) is 13.3. The second-order valence-corrected chi connectivity index (χ2v) is 10.1. The van der Waals surface area contributed by atoms with Gasteiger partial charge in [-0.1, -0.05) is 115 Å². The number of amides is 4. The zero-order valence-electron chi connectivity index (χ0n) is 21.9. The summed E-state index contributed by atoms with van der Waals surface area (Å²) in [5.74, 6) is -1.04. The number of nitrogens with one attached hydrogen (secondary N) is 2. The van der Waals surface area contributed by atoms with Gasteiger partial charge in [0.05, 0.1) is 6.21 Å². The van der Waals surface area contributed by atoms with Crippen molar-refractivity contribution >= 4 is 56.4 Å². The first-order chi connectivity index (χ1) is 20.1. The molecule has 0 saturated carbocycles. The van der Waals surface area contributed by atoms with Gasteiger partial charge in [-0.15, -0.1) is 0 Å². The molecule has 1 fully saturated rings. The average molecular weight is 537 g/mol. The molecule has 6 aromatic rings. The van der Waals surface area contributed by atoms with E-state index in [0.29, 0.717) is 11.1 Å². The molecule has 0 spiro atoms. The maximum atomic E-state index is 13.4. The molecule has 7 rings (SSSR count). The van der Waals surface area contributed by atoms with Crippen molar-refractivity contribution in [1.29, 1.82) is 0 Å². The highest BCUT2D eigenvalue weighted by molar-refractivity contribution is 6.25. The molecule has 6 aromatic carbocycles. The van der Waals surface area contributed by atoms with Crippen LogP contribution in [0, 0.1) is 0 Å². The summed E-state index contributed by atoms with van der Waals surface area (Å²) in [6.45, 7) is -0.378. The molecule has 0 unspecified atom stereocenters. The molecule has 2 N–H and O–H groups in total. The standard InChI is InChI=1S/C34H24N4O3/c39-29(21-38-33(41)36-32(40)34(38,26-10-3-1-4-11-26)27-12-5-2-6-13-27)37-35-20-25-17-16-24-15-14-22-8-7-9-23-18-19-28(25)31(24)30(22)23/h1-20H,21H2,(H,37,39)(H,36,40,41)/b35-20+. The summed E-state index contributed by atoms with van der Waals surface area (Å²) < 4.78 is 0. The topological polar surface area (TPSA) is 90.9 Å². The molecule has 0 aromatic heterocycles. The van der Waals surface area contributed by atoms with Crippen LogP contribution in [0.5, 0.6) is 0 Å². The number of benzene rings is 6. The second kappa shape index (κ2) is 9.57. The minimum absolute atomic E-state index is 0.378. The third-order valence-electron chi connectivity index (χ3n) is 7.84. The van der Waals surface area contributed by atoms with E-state index in [4.69, 9.17) is 0 Å². The molecule has 1 aliphatic rings. The summed E-state index contributed by atoms with van der Waals surface area (Å²) in [4.78, 5) is 40.9. The Labute approximate surface area is 235 Å². The summed E-state index contributed by atoms with van der Waals surface area (Å²) in [5.41, 5.74) is 3.09. The Morgan fingerprint density at radius 2 is 1.32 bits per heavy atom. The van der Waals surface area contributed by atoms with Crippen LogP contribution in [0.3, 0.4) is 0 Å². The predicted octanol–water partition coefficient (Wildman–Crippen LogP) is 5.53. The second-order valence-electron chi connectivity index (χ2n) is 10.1. The van der Waals surface area contributed by atoms with Crippen LogP contribution in [-0.2, 0) is 15.1 Å². The molecule has 1 saturated heterocycles. The molecule has 1 heterocycles. The van der Waals surface area contributed by atoms with Crippen molar-refractivity contribution in [3.05, 3.63) is 132 Å². The van der Waals surface area contributed by atoms with E-state index in [1.54, 1.807) is 54.7 Å². The van der Waals surface area contributed by atoms with Gasteiger partial charge >= 0.3 is 6.03 Å². The molecule has 0 aliphatic carbocycles. The highest BCUT2D eigenvalue weighted by Crippen LogP contribution is 2.40. The monoisotopic (exact) mass is 536 g/mol. The van der Waals surface area contributed by atoms with Crippen LogP contribution in [0.25, 0.3) is 32.3 Å². The van der Waals surface area contributed by atoms with Crippen LogP contribution in [0.1, 0.15) is 16.7 Å². The van der Waals surface area contributed by atoms with Gasteiger partial charge in [0.1, 0.15) is 6.54 Å². The summed E-state index contributed by atoms with van der Waals surface area (Å²) in [7, 11) is 0. The summed E-state index contributed by atoms with van der Waals surface area (Å²) in [6.07, 6.45) is 1.61. The summed E-state index contributed by atoms with van der Waals surface area (Å²) in [6, 6.07) is 36.0. The number of imide groups is 1. The highest BCUT2D eigenvalue weighted by Gasteiger charge is 2.55. The van der Waals surface area contributed by atoms with Crippen molar-refractivity contribution < 1.29 is 14.4 Å².